The first-order valence-corrected chi connectivity index (χ1v) is 6.40. The summed E-state index contributed by atoms with van der Waals surface area (Å²) in [6.07, 6.45) is 0. The van der Waals surface area contributed by atoms with Crippen LogP contribution in [-0.4, -0.2) is 0 Å². The lowest BCUT2D eigenvalue weighted by Crippen LogP contribution is -1.97. The van der Waals surface area contributed by atoms with Crippen LogP contribution in [0.15, 0.2) is 63.8 Å². The van der Waals surface area contributed by atoms with Gasteiger partial charge in [0.05, 0.1) is 11.6 Å². The van der Waals surface area contributed by atoms with Gasteiger partial charge in [0.15, 0.2) is 0 Å². The lowest BCUT2D eigenvalue weighted by Gasteiger charge is -2.07. The van der Waals surface area contributed by atoms with E-state index in [2.05, 4.69) is 6.07 Å². The number of benzene rings is 2. The van der Waals surface area contributed by atoms with E-state index in [1.54, 1.807) is 24.3 Å². The Labute approximate surface area is 120 Å². The fourth-order valence-corrected chi connectivity index (χ4v) is 2.03. The molecule has 0 aliphatic carbocycles. The van der Waals surface area contributed by atoms with Crippen molar-refractivity contribution in [2.75, 3.05) is 0 Å². The maximum atomic E-state index is 11.2. The van der Waals surface area contributed by atoms with Gasteiger partial charge < -0.3 is 9.15 Å². The fourth-order valence-electron chi connectivity index (χ4n) is 2.03. The first kappa shape index (κ1) is 12.9. The van der Waals surface area contributed by atoms with Crippen molar-refractivity contribution in [3.63, 3.8) is 0 Å². The molecule has 0 spiro atoms. The van der Waals surface area contributed by atoms with Gasteiger partial charge in [-0.25, -0.2) is 4.79 Å². The first-order chi connectivity index (χ1) is 10.2. The molecule has 0 unspecified atom stereocenters. The summed E-state index contributed by atoms with van der Waals surface area (Å²) in [6.45, 7) is 0.345. The molecule has 4 nitrogen and oxygen atoms in total. The van der Waals surface area contributed by atoms with E-state index >= 15 is 0 Å². The van der Waals surface area contributed by atoms with Gasteiger partial charge in [0.2, 0.25) is 0 Å². The number of ether oxygens (including phenoxy) is 1. The van der Waals surface area contributed by atoms with Crippen molar-refractivity contribution in [2.45, 2.75) is 6.61 Å². The van der Waals surface area contributed by atoms with Crippen LogP contribution in [-0.2, 0) is 6.61 Å². The van der Waals surface area contributed by atoms with Crippen molar-refractivity contribution in [1.82, 2.24) is 0 Å². The number of nitriles is 1. The minimum Gasteiger partial charge on any atom is -0.489 e. The summed E-state index contributed by atoms with van der Waals surface area (Å²) in [5, 5.41) is 9.70. The molecule has 0 saturated heterocycles. The largest absolute Gasteiger partial charge is 0.489 e. The molecule has 2 aromatic carbocycles. The molecule has 0 atom stereocenters. The Morgan fingerprint density at radius 3 is 2.81 bits per heavy atom. The quantitative estimate of drug-likeness (QED) is 0.689. The Balaban J connectivity index is 1.81. The Morgan fingerprint density at radius 2 is 1.95 bits per heavy atom. The van der Waals surface area contributed by atoms with Gasteiger partial charge in [-0.05, 0) is 35.9 Å². The van der Waals surface area contributed by atoms with E-state index in [0.717, 1.165) is 10.9 Å². The van der Waals surface area contributed by atoms with Gasteiger partial charge in [-0.3, -0.25) is 0 Å². The Hall–Kier alpha value is -3.06. The number of fused-ring (bicyclic) bond motifs is 1. The number of hydrogen-bond donors (Lipinski definition) is 0. The number of nitrogens with zero attached hydrogens (tertiary/aromatic N) is 1. The van der Waals surface area contributed by atoms with Crippen molar-refractivity contribution < 1.29 is 9.15 Å². The summed E-state index contributed by atoms with van der Waals surface area (Å²) >= 11 is 0. The van der Waals surface area contributed by atoms with Gasteiger partial charge in [0.25, 0.3) is 0 Å². The Kier molecular flexibility index (Phi) is 3.40. The molecule has 1 aromatic heterocycles. The van der Waals surface area contributed by atoms with Gasteiger partial charge in [0, 0.05) is 17.5 Å². The average molecular weight is 277 g/mol. The number of rotatable bonds is 3. The van der Waals surface area contributed by atoms with Crippen molar-refractivity contribution in [1.29, 1.82) is 5.26 Å². The van der Waals surface area contributed by atoms with Crippen LogP contribution in [0.2, 0.25) is 0 Å². The summed E-state index contributed by atoms with van der Waals surface area (Å²) in [6, 6.07) is 17.7. The number of hydrogen-bond acceptors (Lipinski definition) is 4. The zero-order valence-electron chi connectivity index (χ0n) is 11.1. The van der Waals surface area contributed by atoms with E-state index in [0.29, 0.717) is 23.5 Å². The first-order valence-electron chi connectivity index (χ1n) is 6.40. The Bertz CT molecular complexity index is 890. The molecule has 0 aliphatic rings. The second-order valence-corrected chi connectivity index (χ2v) is 4.55. The molecular formula is C17H11NO3. The molecule has 4 heteroatoms. The van der Waals surface area contributed by atoms with Crippen LogP contribution in [0.3, 0.4) is 0 Å². The van der Waals surface area contributed by atoms with Crippen LogP contribution in [0.5, 0.6) is 5.75 Å². The molecule has 0 saturated carbocycles. The minimum atomic E-state index is -0.388. The lowest BCUT2D eigenvalue weighted by atomic mass is 10.1. The minimum absolute atomic E-state index is 0.345. The van der Waals surface area contributed by atoms with Crippen LogP contribution in [0, 0.1) is 11.3 Å². The fraction of sp³-hybridized carbons (Fsp3) is 0.0588. The van der Waals surface area contributed by atoms with Crippen molar-refractivity contribution in [3.05, 3.63) is 76.1 Å². The van der Waals surface area contributed by atoms with E-state index in [-0.39, 0.29) is 5.63 Å². The topological polar surface area (TPSA) is 63.2 Å². The third kappa shape index (κ3) is 2.93. The highest BCUT2D eigenvalue weighted by Gasteiger charge is 2.02. The van der Waals surface area contributed by atoms with E-state index < -0.39 is 0 Å². The molecule has 0 fully saturated rings. The molecule has 0 aliphatic heterocycles. The maximum absolute atomic E-state index is 11.2. The molecule has 1 heterocycles. The molecule has 3 aromatic rings. The normalized spacial score (nSPS) is 10.2. The van der Waals surface area contributed by atoms with Crippen LogP contribution in [0.1, 0.15) is 11.1 Å². The van der Waals surface area contributed by atoms with Gasteiger partial charge in [-0.15, -0.1) is 0 Å². The monoisotopic (exact) mass is 277 g/mol. The second-order valence-electron chi connectivity index (χ2n) is 4.55. The third-order valence-electron chi connectivity index (χ3n) is 3.06. The summed E-state index contributed by atoms with van der Waals surface area (Å²) in [7, 11) is 0. The highest BCUT2D eigenvalue weighted by molar-refractivity contribution is 5.77. The van der Waals surface area contributed by atoms with Gasteiger partial charge in [-0.2, -0.15) is 5.26 Å². The molecular weight excluding hydrogens is 266 g/mol. The van der Waals surface area contributed by atoms with Crippen LogP contribution < -0.4 is 10.4 Å². The molecule has 0 radical (unpaired) electrons. The third-order valence-corrected chi connectivity index (χ3v) is 3.06. The summed E-state index contributed by atoms with van der Waals surface area (Å²) in [5.74, 6) is 0.610. The van der Waals surface area contributed by atoms with Gasteiger partial charge >= 0.3 is 5.63 Å². The van der Waals surface area contributed by atoms with E-state index in [1.165, 1.54) is 6.07 Å². The summed E-state index contributed by atoms with van der Waals surface area (Å²) < 4.78 is 10.8. The summed E-state index contributed by atoms with van der Waals surface area (Å²) in [4.78, 5) is 11.2. The molecule has 102 valence electrons. The van der Waals surface area contributed by atoms with Crippen molar-refractivity contribution >= 4 is 11.0 Å². The van der Waals surface area contributed by atoms with Gasteiger partial charge in [-0.1, -0.05) is 12.1 Å². The SMILES string of the molecule is N#Cc1cccc(COc2ccc3ccc(=O)oc3c2)c1. The smallest absolute Gasteiger partial charge is 0.336 e. The molecule has 0 N–H and O–H groups in total. The zero-order chi connectivity index (χ0) is 14.7. The maximum Gasteiger partial charge on any atom is 0.336 e. The van der Waals surface area contributed by atoms with E-state index in [9.17, 15) is 4.79 Å². The molecule has 0 amide bonds. The standard InChI is InChI=1S/C17H11NO3/c18-10-12-2-1-3-13(8-12)11-20-15-6-4-14-5-7-17(19)21-16(14)9-15/h1-9H,11H2. The molecule has 0 bridgehead atoms. The van der Waals surface area contributed by atoms with Crippen molar-refractivity contribution in [2.24, 2.45) is 0 Å². The van der Waals surface area contributed by atoms with Crippen molar-refractivity contribution in [3.8, 4) is 11.8 Å². The lowest BCUT2D eigenvalue weighted by molar-refractivity contribution is 0.306. The van der Waals surface area contributed by atoms with E-state index in [1.807, 2.05) is 24.3 Å². The highest BCUT2D eigenvalue weighted by Crippen LogP contribution is 2.20. The van der Waals surface area contributed by atoms with E-state index in [4.69, 9.17) is 14.4 Å². The van der Waals surface area contributed by atoms with Crippen LogP contribution >= 0.6 is 0 Å². The molecule has 21 heavy (non-hydrogen) atoms. The Morgan fingerprint density at radius 1 is 1.10 bits per heavy atom. The zero-order valence-corrected chi connectivity index (χ0v) is 11.1. The van der Waals surface area contributed by atoms with Crippen LogP contribution in [0.4, 0.5) is 0 Å². The average Bonchev–Trinajstić information content (AvgIpc) is 2.52. The van der Waals surface area contributed by atoms with Gasteiger partial charge in [0.1, 0.15) is 17.9 Å². The summed E-state index contributed by atoms with van der Waals surface area (Å²) in [5.41, 5.74) is 1.61. The molecule has 3 rings (SSSR count). The van der Waals surface area contributed by atoms with Crippen LogP contribution in [0.25, 0.3) is 11.0 Å². The predicted octanol–water partition coefficient (Wildman–Crippen LogP) is 3.24. The second kappa shape index (κ2) is 5.51. The predicted molar refractivity (Wildman–Crippen MR) is 78.0 cm³/mol. The highest BCUT2D eigenvalue weighted by atomic mass is 16.5.